The van der Waals surface area contributed by atoms with Gasteiger partial charge in [0.25, 0.3) is 0 Å². The maximum Gasteiger partial charge on any atom is 0.0868 e. The zero-order valence-electron chi connectivity index (χ0n) is 9.96. The van der Waals surface area contributed by atoms with Crippen LogP contribution in [0, 0.1) is 47.3 Å². The number of alkyl halides is 4. The van der Waals surface area contributed by atoms with Gasteiger partial charge in [-0.05, 0) is 73.0 Å². The lowest BCUT2D eigenvalue weighted by Crippen LogP contribution is -2.50. The van der Waals surface area contributed by atoms with Gasteiger partial charge in [0.2, 0.25) is 0 Å². The summed E-state index contributed by atoms with van der Waals surface area (Å²) in [5, 5.41) is 0. The van der Waals surface area contributed by atoms with E-state index in [1.807, 2.05) is 0 Å². The summed E-state index contributed by atoms with van der Waals surface area (Å²) in [6.07, 6.45) is 5.95. The third-order valence-electron chi connectivity index (χ3n) is 7.03. The molecule has 4 heteroatoms. The molecular formula is C14H16Br4. The van der Waals surface area contributed by atoms with Crippen molar-refractivity contribution in [3.8, 4) is 0 Å². The van der Waals surface area contributed by atoms with E-state index in [1.54, 1.807) is 0 Å². The third-order valence-corrected chi connectivity index (χ3v) is 11.7. The Balaban J connectivity index is 1.38. The number of hydrogen-bond donors (Lipinski definition) is 0. The van der Waals surface area contributed by atoms with Crippen molar-refractivity contribution in [2.24, 2.45) is 47.3 Å². The summed E-state index contributed by atoms with van der Waals surface area (Å²) in [4.78, 5) is 0. The Morgan fingerprint density at radius 2 is 0.722 bits per heavy atom. The molecule has 5 fully saturated rings. The second-order valence-electron chi connectivity index (χ2n) is 7.37. The molecule has 0 unspecified atom stereocenters. The van der Waals surface area contributed by atoms with Gasteiger partial charge in [-0.15, -0.1) is 0 Å². The van der Waals surface area contributed by atoms with E-state index in [-0.39, 0.29) is 0 Å². The van der Waals surface area contributed by atoms with Gasteiger partial charge in [-0.3, -0.25) is 0 Å². The Bertz CT molecular complexity index is 348. The molecular weight excluding hydrogens is 488 g/mol. The second kappa shape index (κ2) is 3.46. The first-order chi connectivity index (χ1) is 8.42. The summed E-state index contributed by atoms with van der Waals surface area (Å²) in [5.74, 6) is 7.94. The first kappa shape index (κ1) is 12.5. The van der Waals surface area contributed by atoms with Gasteiger partial charge in [-0.1, -0.05) is 63.7 Å². The van der Waals surface area contributed by atoms with E-state index < -0.39 is 0 Å². The molecule has 0 aromatic carbocycles. The van der Waals surface area contributed by atoms with Crippen LogP contribution in [-0.4, -0.2) is 6.47 Å². The van der Waals surface area contributed by atoms with Crippen LogP contribution in [0.4, 0.5) is 0 Å². The van der Waals surface area contributed by atoms with E-state index in [0.29, 0.717) is 6.47 Å². The van der Waals surface area contributed by atoms with E-state index in [9.17, 15) is 0 Å². The van der Waals surface area contributed by atoms with Crippen molar-refractivity contribution in [1.29, 1.82) is 0 Å². The molecule has 0 radical (unpaired) electrons. The molecule has 5 aliphatic carbocycles. The predicted octanol–water partition coefficient (Wildman–Crippen LogP) is 5.52. The van der Waals surface area contributed by atoms with Crippen LogP contribution in [0.1, 0.15) is 25.7 Å². The van der Waals surface area contributed by atoms with Gasteiger partial charge in [-0.2, -0.15) is 0 Å². The van der Waals surface area contributed by atoms with Crippen LogP contribution in [-0.2, 0) is 0 Å². The first-order valence-electron chi connectivity index (χ1n) is 7.18. The van der Waals surface area contributed by atoms with Crippen molar-refractivity contribution in [2.45, 2.75) is 32.2 Å². The highest BCUT2D eigenvalue weighted by Gasteiger charge is 2.74. The molecule has 0 nitrogen and oxygen atoms in total. The highest BCUT2D eigenvalue weighted by atomic mass is 79.9. The van der Waals surface area contributed by atoms with Gasteiger partial charge in [0, 0.05) is 0 Å². The number of rotatable bonds is 0. The Morgan fingerprint density at radius 3 is 0.944 bits per heavy atom. The van der Waals surface area contributed by atoms with Crippen LogP contribution in [0.25, 0.3) is 0 Å². The molecule has 0 bridgehead atoms. The Hall–Kier alpha value is 1.92. The minimum Gasteiger partial charge on any atom is -0.0721 e. The second-order valence-corrected chi connectivity index (χ2v) is 14.8. The summed E-state index contributed by atoms with van der Waals surface area (Å²) in [6, 6.07) is 0. The molecule has 5 saturated carbocycles. The van der Waals surface area contributed by atoms with Crippen LogP contribution in [0.2, 0.25) is 0 Å². The lowest BCUT2D eigenvalue weighted by atomic mass is 9.48. The molecule has 0 aliphatic heterocycles. The fourth-order valence-corrected chi connectivity index (χ4v) is 9.42. The van der Waals surface area contributed by atoms with E-state index in [1.165, 1.54) is 25.7 Å². The van der Waals surface area contributed by atoms with Crippen molar-refractivity contribution >= 4 is 63.7 Å². The molecule has 5 rings (SSSR count). The van der Waals surface area contributed by atoms with Crippen molar-refractivity contribution in [1.82, 2.24) is 0 Å². The number of fused-ring (bicyclic) bond motifs is 6. The van der Waals surface area contributed by atoms with Crippen LogP contribution in [0.15, 0.2) is 0 Å². The zero-order chi connectivity index (χ0) is 12.4. The van der Waals surface area contributed by atoms with E-state index in [0.717, 1.165) is 47.3 Å². The molecule has 0 amide bonds. The lowest BCUT2D eigenvalue weighted by molar-refractivity contribution is -0.0837. The molecule has 0 aromatic rings. The van der Waals surface area contributed by atoms with Gasteiger partial charge >= 0.3 is 0 Å². The molecule has 100 valence electrons. The van der Waals surface area contributed by atoms with E-state index in [4.69, 9.17) is 0 Å². The zero-order valence-corrected chi connectivity index (χ0v) is 16.3. The summed E-state index contributed by atoms with van der Waals surface area (Å²) in [7, 11) is 0. The van der Waals surface area contributed by atoms with Crippen LogP contribution >= 0.6 is 63.7 Å². The summed E-state index contributed by atoms with van der Waals surface area (Å²) in [6.45, 7) is 0. The molecule has 0 N–H and O–H groups in total. The molecule has 5 aliphatic rings. The van der Waals surface area contributed by atoms with E-state index >= 15 is 0 Å². The highest BCUT2D eigenvalue weighted by Crippen LogP contribution is 2.79. The van der Waals surface area contributed by atoms with Crippen LogP contribution in [0.3, 0.4) is 0 Å². The highest BCUT2D eigenvalue weighted by molar-refractivity contribution is 9.26. The van der Waals surface area contributed by atoms with Gasteiger partial charge in [0.15, 0.2) is 0 Å². The fourth-order valence-electron chi connectivity index (χ4n) is 5.90. The molecule has 0 spiro atoms. The Labute approximate surface area is 142 Å². The minimum absolute atomic E-state index is 0.331. The number of hydrogen-bond acceptors (Lipinski definition) is 0. The van der Waals surface area contributed by atoms with Gasteiger partial charge in [-0.25, -0.2) is 0 Å². The fraction of sp³-hybridized carbons (Fsp3) is 1.00. The van der Waals surface area contributed by atoms with Crippen molar-refractivity contribution in [2.75, 3.05) is 0 Å². The minimum atomic E-state index is 0.331. The van der Waals surface area contributed by atoms with Crippen LogP contribution in [0.5, 0.6) is 0 Å². The largest absolute Gasteiger partial charge is 0.0868 e. The van der Waals surface area contributed by atoms with Crippen molar-refractivity contribution in [3.63, 3.8) is 0 Å². The van der Waals surface area contributed by atoms with Gasteiger partial charge in [0.05, 0.1) is 6.47 Å². The summed E-state index contributed by atoms with van der Waals surface area (Å²) < 4.78 is 0.663. The topological polar surface area (TPSA) is 0 Å². The molecule has 4 atom stereocenters. The smallest absolute Gasteiger partial charge is 0.0721 e. The van der Waals surface area contributed by atoms with Gasteiger partial charge < -0.3 is 0 Å². The third kappa shape index (κ3) is 1.34. The molecule has 0 saturated heterocycles. The Kier molecular flexibility index (Phi) is 2.39. The predicted molar refractivity (Wildman–Crippen MR) is 87.6 cm³/mol. The van der Waals surface area contributed by atoms with E-state index in [2.05, 4.69) is 63.7 Å². The Morgan fingerprint density at radius 1 is 0.500 bits per heavy atom. The summed E-state index contributed by atoms with van der Waals surface area (Å²) in [5.41, 5.74) is 0. The van der Waals surface area contributed by atoms with Crippen molar-refractivity contribution < 1.29 is 0 Å². The molecule has 18 heavy (non-hydrogen) atoms. The summed E-state index contributed by atoms with van der Waals surface area (Å²) >= 11 is 15.6. The number of halogens is 4. The maximum atomic E-state index is 3.90. The maximum absolute atomic E-state index is 3.90. The lowest BCUT2D eigenvalue weighted by Gasteiger charge is -2.57. The SMILES string of the molecule is BrC1(Br)[C@@H]2CC3C(C[C@H]21)C1C[C@@H]2[C@@H](CC31)C2(Br)Br. The molecule has 0 heterocycles. The first-order valence-corrected chi connectivity index (χ1v) is 10.3. The van der Waals surface area contributed by atoms with Crippen molar-refractivity contribution in [3.05, 3.63) is 0 Å². The molecule has 0 aromatic heterocycles. The normalized spacial score (nSPS) is 64.7. The van der Waals surface area contributed by atoms with Crippen LogP contribution < -0.4 is 0 Å². The van der Waals surface area contributed by atoms with Gasteiger partial charge in [0.1, 0.15) is 0 Å². The monoisotopic (exact) mass is 500 g/mol. The average Bonchev–Trinajstić information content (AvgIpc) is 3.06. The quantitative estimate of drug-likeness (QED) is 0.382. The standard InChI is InChI=1S/C14H16Br4/c15-13(16)9-1-5-6(2-10(9)13)8-4-12-11(3-7(5)8)14(12,17)18/h5-12H,1-4H2/t5?,6?,7?,8?,9-,10-,11-,12-/m1/s1. The average molecular weight is 504 g/mol.